The first-order valence-corrected chi connectivity index (χ1v) is 4.29. The van der Waals surface area contributed by atoms with E-state index in [2.05, 4.69) is 18.7 Å². The summed E-state index contributed by atoms with van der Waals surface area (Å²) >= 11 is 4.11. The molecular weight excluding hydrogens is 112 g/mol. The van der Waals surface area contributed by atoms with Gasteiger partial charge in [0.05, 0.1) is 0 Å². The Hall–Kier alpha value is 0.700. The van der Waals surface area contributed by atoms with Gasteiger partial charge in [-0.05, 0) is 0 Å². The van der Waals surface area contributed by atoms with Crippen molar-refractivity contribution in [1.82, 2.24) is 0 Å². The number of rotatable bonds is 0. The molecule has 1 aliphatic rings. The molecule has 0 amide bonds. The van der Waals surface area contributed by atoms with E-state index in [9.17, 15) is 0 Å². The molecule has 1 saturated heterocycles. The Bertz CT molecular complexity index is 38.8. The third kappa shape index (κ3) is 1.09. The molecule has 1 heterocycles. The van der Waals surface area contributed by atoms with E-state index in [-0.39, 0.29) is 0 Å². The van der Waals surface area contributed by atoms with Crippen LogP contribution in [0.1, 0.15) is 6.92 Å². The summed E-state index contributed by atoms with van der Waals surface area (Å²) in [7, 11) is 0. The molecule has 0 saturated carbocycles. The van der Waals surface area contributed by atoms with Crippen LogP contribution in [0.2, 0.25) is 0 Å². The average molecular weight is 120 g/mol. The van der Waals surface area contributed by atoms with Crippen LogP contribution < -0.4 is 0 Å². The normalized spacial score (nSPS) is 34.5. The molecule has 0 aromatic carbocycles. The second-order valence-electron chi connectivity index (χ2n) is 1.47. The van der Waals surface area contributed by atoms with E-state index < -0.39 is 0 Å². The zero-order valence-corrected chi connectivity index (χ0v) is 5.44. The minimum atomic E-state index is 0.926. The maximum atomic E-state index is 2.28. The molecule has 1 unspecified atom stereocenters. The number of hydrogen-bond donors (Lipinski definition) is 0. The van der Waals surface area contributed by atoms with Crippen LogP contribution in [0.5, 0.6) is 0 Å². The fraction of sp³-hybridized carbons (Fsp3) is 1.00. The second-order valence-corrected chi connectivity index (χ2v) is 4.29. The van der Waals surface area contributed by atoms with Crippen LogP contribution in [0.4, 0.5) is 0 Å². The largest absolute Gasteiger partial charge is 0.150 e. The fourth-order valence-electron chi connectivity index (χ4n) is 0.426. The van der Waals surface area contributed by atoms with Gasteiger partial charge >= 0.3 is 0 Å². The Morgan fingerprint density at radius 1 is 1.67 bits per heavy atom. The van der Waals surface area contributed by atoms with Crippen LogP contribution in [0.25, 0.3) is 0 Å². The van der Waals surface area contributed by atoms with Gasteiger partial charge in [0.2, 0.25) is 0 Å². The van der Waals surface area contributed by atoms with E-state index in [1.54, 1.807) is 0 Å². The SMILES string of the molecule is CC1CSCS1. The van der Waals surface area contributed by atoms with Gasteiger partial charge < -0.3 is 0 Å². The molecule has 1 rings (SSSR count). The van der Waals surface area contributed by atoms with E-state index in [1.807, 2.05) is 11.8 Å². The van der Waals surface area contributed by atoms with Crippen molar-refractivity contribution in [3.63, 3.8) is 0 Å². The Kier molecular flexibility index (Phi) is 1.72. The van der Waals surface area contributed by atoms with Crippen molar-refractivity contribution >= 4 is 23.5 Å². The molecule has 0 radical (unpaired) electrons. The van der Waals surface area contributed by atoms with Gasteiger partial charge in [-0.1, -0.05) is 6.92 Å². The molecule has 1 atom stereocenters. The molecular formula is C4H8S2. The molecule has 0 N–H and O–H groups in total. The molecule has 0 aromatic heterocycles. The molecule has 36 valence electrons. The van der Waals surface area contributed by atoms with Crippen LogP contribution in [-0.2, 0) is 0 Å². The third-order valence-electron chi connectivity index (χ3n) is 0.788. The quantitative estimate of drug-likeness (QED) is 0.478. The maximum absolute atomic E-state index is 2.28. The van der Waals surface area contributed by atoms with Crippen LogP contribution in [0.3, 0.4) is 0 Å². The van der Waals surface area contributed by atoms with Gasteiger partial charge in [-0.15, -0.1) is 23.5 Å². The van der Waals surface area contributed by atoms with Gasteiger partial charge in [0.15, 0.2) is 0 Å². The van der Waals surface area contributed by atoms with E-state index >= 15 is 0 Å². The van der Waals surface area contributed by atoms with Gasteiger partial charge in [-0.3, -0.25) is 0 Å². The highest BCUT2D eigenvalue weighted by Gasteiger charge is 2.08. The Morgan fingerprint density at radius 2 is 2.50 bits per heavy atom. The van der Waals surface area contributed by atoms with Gasteiger partial charge in [-0.2, -0.15) is 0 Å². The van der Waals surface area contributed by atoms with Crippen molar-refractivity contribution in [1.29, 1.82) is 0 Å². The lowest BCUT2D eigenvalue weighted by molar-refractivity contribution is 1.15. The lowest BCUT2D eigenvalue weighted by Crippen LogP contribution is -1.88. The van der Waals surface area contributed by atoms with Gasteiger partial charge in [0, 0.05) is 16.1 Å². The molecule has 1 fully saturated rings. The van der Waals surface area contributed by atoms with Crippen molar-refractivity contribution in [2.75, 3.05) is 10.8 Å². The molecule has 0 aromatic rings. The van der Waals surface area contributed by atoms with Crippen LogP contribution in [0.15, 0.2) is 0 Å². The minimum absolute atomic E-state index is 0.926. The Morgan fingerprint density at radius 3 is 2.67 bits per heavy atom. The van der Waals surface area contributed by atoms with Crippen LogP contribution in [0, 0.1) is 0 Å². The Labute approximate surface area is 47.1 Å². The smallest absolute Gasteiger partial charge is 0.0395 e. The first-order chi connectivity index (χ1) is 2.89. The maximum Gasteiger partial charge on any atom is 0.0395 e. The summed E-state index contributed by atoms with van der Waals surface area (Å²) in [4.78, 5) is 0. The molecule has 6 heavy (non-hydrogen) atoms. The average Bonchev–Trinajstić information content (AvgIpc) is 1.86. The van der Waals surface area contributed by atoms with Crippen molar-refractivity contribution in [2.24, 2.45) is 0 Å². The fourth-order valence-corrected chi connectivity index (χ4v) is 3.13. The summed E-state index contributed by atoms with van der Waals surface area (Å²) in [5.74, 6) is 1.37. The van der Waals surface area contributed by atoms with E-state index in [4.69, 9.17) is 0 Å². The van der Waals surface area contributed by atoms with E-state index in [0.29, 0.717) is 0 Å². The summed E-state index contributed by atoms with van der Waals surface area (Å²) in [5, 5.41) is 2.25. The zero-order valence-electron chi connectivity index (χ0n) is 3.81. The first-order valence-electron chi connectivity index (χ1n) is 2.09. The summed E-state index contributed by atoms with van der Waals surface area (Å²) < 4.78 is 0. The highest BCUT2D eigenvalue weighted by atomic mass is 32.2. The first kappa shape index (κ1) is 4.85. The van der Waals surface area contributed by atoms with Crippen molar-refractivity contribution in [3.05, 3.63) is 0 Å². The lowest BCUT2D eigenvalue weighted by Gasteiger charge is -1.89. The predicted molar refractivity (Wildman–Crippen MR) is 34.4 cm³/mol. The predicted octanol–water partition coefficient (Wildman–Crippen LogP) is 1.81. The molecule has 0 nitrogen and oxygen atoms in total. The number of thioether (sulfide) groups is 2. The summed E-state index contributed by atoms with van der Waals surface area (Å²) in [6.45, 7) is 2.28. The summed E-state index contributed by atoms with van der Waals surface area (Å²) in [6, 6.07) is 0. The highest BCUT2D eigenvalue weighted by Crippen LogP contribution is 2.28. The molecule has 1 aliphatic heterocycles. The van der Waals surface area contributed by atoms with Crippen molar-refractivity contribution in [3.8, 4) is 0 Å². The van der Waals surface area contributed by atoms with Crippen molar-refractivity contribution < 1.29 is 0 Å². The van der Waals surface area contributed by atoms with Crippen LogP contribution >= 0.6 is 23.5 Å². The molecule has 2 heteroatoms. The topological polar surface area (TPSA) is 0 Å². The zero-order chi connectivity index (χ0) is 4.41. The van der Waals surface area contributed by atoms with Crippen LogP contribution in [-0.4, -0.2) is 16.1 Å². The van der Waals surface area contributed by atoms with E-state index in [0.717, 1.165) is 5.25 Å². The van der Waals surface area contributed by atoms with Gasteiger partial charge in [0.1, 0.15) is 0 Å². The van der Waals surface area contributed by atoms with Crippen molar-refractivity contribution in [2.45, 2.75) is 12.2 Å². The summed E-state index contributed by atoms with van der Waals surface area (Å²) in [6.07, 6.45) is 0. The van der Waals surface area contributed by atoms with E-state index in [1.165, 1.54) is 10.8 Å². The molecule has 0 aliphatic carbocycles. The highest BCUT2D eigenvalue weighted by molar-refractivity contribution is 8.19. The molecule has 0 bridgehead atoms. The monoisotopic (exact) mass is 120 g/mol. The van der Waals surface area contributed by atoms with Gasteiger partial charge in [-0.25, -0.2) is 0 Å². The number of hydrogen-bond acceptors (Lipinski definition) is 2. The minimum Gasteiger partial charge on any atom is -0.150 e. The standard InChI is InChI=1S/C4H8S2/c1-4-2-5-3-6-4/h4H,2-3H2,1H3. The second kappa shape index (κ2) is 2.12. The Balaban J connectivity index is 2.18. The third-order valence-corrected chi connectivity index (χ3v) is 3.68. The van der Waals surface area contributed by atoms with Gasteiger partial charge in [0.25, 0.3) is 0 Å². The lowest BCUT2D eigenvalue weighted by atomic mass is 10.6. The summed E-state index contributed by atoms with van der Waals surface area (Å²) in [5.41, 5.74) is 0. The molecule has 0 spiro atoms.